The van der Waals surface area contributed by atoms with Crippen LogP contribution in [0.2, 0.25) is 0 Å². The number of amides is 1. The van der Waals surface area contributed by atoms with Crippen molar-refractivity contribution in [3.05, 3.63) is 35.9 Å². The number of hydrogen-bond acceptors (Lipinski definition) is 3. The van der Waals surface area contributed by atoms with Crippen molar-refractivity contribution in [2.45, 2.75) is 31.7 Å². The number of nitriles is 1. The lowest BCUT2D eigenvalue weighted by molar-refractivity contribution is -0.131. The summed E-state index contributed by atoms with van der Waals surface area (Å²) in [5, 5.41) is 8.99. The highest BCUT2D eigenvalue weighted by atomic mass is 16.5. The van der Waals surface area contributed by atoms with Gasteiger partial charge in [-0.15, -0.1) is 0 Å². The third-order valence-corrected chi connectivity index (χ3v) is 3.68. The molecule has 1 unspecified atom stereocenters. The van der Waals surface area contributed by atoms with E-state index < -0.39 is 0 Å². The summed E-state index contributed by atoms with van der Waals surface area (Å²) < 4.78 is 5.27. The van der Waals surface area contributed by atoms with Crippen molar-refractivity contribution in [1.82, 2.24) is 4.90 Å². The number of allylic oxidation sites excluding steroid dienone is 1. The molecule has 0 aliphatic carbocycles. The lowest BCUT2D eigenvalue weighted by Crippen LogP contribution is -2.34. The summed E-state index contributed by atoms with van der Waals surface area (Å²) in [5.74, 6) is 0.896. The van der Waals surface area contributed by atoms with Crippen LogP contribution in [0.4, 0.5) is 0 Å². The molecule has 0 aromatic heterocycles. The van der Waals surface area contributed by atoms with E-state index in [2.05, 4.69) is 6.07 Å². The quantitative estimate of drug-likeness (QED) is 0.835. The number of carbonyl (C=O) groups excluding carboxylic acids is 1. The van der Waals surface area contributed by atoms with Crippen LogP contribution in [0.5, 0.6) is 5.75 Å². The molecule has 1 fully saturated rings. The molecule has 0 N–H and O–H groups in total. The Balaban J connectivity index is 1.85. The maximum atomic E-state index is 12.1. The fraction of sp³-hybridized carbons (Fsp3) is 0.412. The minimum absolute atomic E-state index is 0.0729. The second-order valence-electron chi connectivity index (χ2n) is 5.06. The first-order chi connectivity index (χ1) is 10.3. The Morgan fingerprint density at radius 1 is 1.52 bits per heavy atom. The Bertz CT molecular complexity index is 560. The van der Waals surface area contributed by atoms with Gasteiger partial charge in [-0.1, -0.05) is 30.4 Å². The van der Waals surface area contributed by atoms with Gasteiger partial charge in [-0.2, -0.15) is 5.26 Å². The van der Waals surface area contributed by atoms with Gasteiger partial charge >= 0.3 is 0 Å². The molecule has 110 valence electrons. The maximum absolute atomic E-state index is 12.1. The molecule has 1 amide bonds. The first-order valence-electron chi connectivity index (χ1n) is 7.25. The Kier molecular flexibility index (Phi) is 5.39. The molecule has 1 aromatic carbocycles. The predicted molar refractivity (Wildman–Crippen MR) is 81.6 cm³/mol. The van der Waals surface area contributed by atoms with Crippen LogP contribution >= 0.6 is 0 Å². The summed E-state index contributed by atoms with van der Waals surface area (Å²) in [6, 6.07) is 9.73. The van der Waals surface area contributed by atoms with Crippen molar-refractivity contribution >= 4 is 12.0 Å². The Morgan fingerprint density at radius 3 is 3.10 bits per heavy atom. The van der Waals surface area contributed by atoms with Gasteiger partial charge < -0.3 is 9.64 Å². The zero-order valence-electron chi connectivity index (χ0n) is 12.3. The van der Waals surface area contributed by atoms with Gasteiger partial charge in [0.05, 0.1) is 13.2 Å². The molecule has 1 atom stereocenters. The van der Waals surface area contributed by atoms with Crippen LogP contribution in [-0.4, -0.2) is 30.5 Å². The second kappa shape index (κ2) is 7.49. The van der Waals surface area contributed by atoms with Crippen molar-refractivity contribution < 1.29 is 9.53 Å². The number of hydrogen-bond donors (Lipinski definition) is 0. The average molecular weight is 284 g/mol. The van der Waals surface area contributed by atoms with Gasteiger partial charge in [-0.05, 0) is 25.3 Å². The van der Waals surface area contributed by atoms with E-state index in [0.29, 0.717) is 19.4 Å². The molecule has 2 rings (SSSR count). The summed E-state index contributed by atoms with van der Waals surface area (Å²) >= 11 is 0. The monoisotopic (exact) mass is 284 g/mol. The number of carbonyl (C=O) groups is 1. The normalized spacial score (nSPS) is 17.9. The third-order valence-electron chi connectivity index (χ3n) is 3.68. The van der Waals surface area contributed by atoms with Crippen LogP contribution in [-0.2, 0) is 4.79 Å². The molecule has 0 radical (unpaired) electrons. The summed E-state index contributed by atoms with van der Waals surface area (Å²) in [6.07, 6.45) is 6.81. The Hall–Kier alpha value is -2.28. The van der Waals surface area contributed by atoms with Gasteiger partial charge in [0.15, 0.2) is 0 Å². The van der Waals surface area contributed by atoms with Gasteiger partial charge in [0.1, 0.15) is 11.8 Å². The molecule has 1 heterocycles. The standard InChI is InChI=1S/C17H20N2O2/c1-21-16-10-4-2-7-14(16)8-3-5-11-17(20)19-12-6-9-15(19)13-18/h2-4,7-8,10,15H,5-6,9,11-12H2,1H3. The van der Waals surface area contributed by atoms with Gasteiger partial charge in [0.25, 0.3) is 0 Å². The highest BCUT2D eigenvalue weighted by molar-refractivity contribution is 5.77. The fourth-order valence-corrected chi connectivity index (χ4v) is 2.56. The first-order valence-corrected chi connectivity index (χ1v) is 7.25. The van der Waals surface area contributed by atoms with Crippen molar-refractivity contribution in [2.24, 2.45) is 0 Å². The lowest BCUT2D eigenvalue weighted by Gasteiger charge is -2.18. The van der Waals surface area contributed by atoms with Crippen LogP contribution in [0.3, 0.4) is 0 Å². The number of ether oxygens (including phenoxy) is 1. The molecule has 1 aliphatic heterocycles. The van der Waals surface area contributed by atoms with Crippen molar-refractivity contribution in [3.63, 3.8) is 0 Å². The van der Waals surface area contributed by atoms with E-state index in [-0.39, 0.29) is 11.9 Å². The second-order valence-corrected chi connectivity index (χ2v) is 5.06. The number of likely N-dealkylation sites (tertiary alicyclic amines) is 1. The van der Waals surface area contributed by atoms with E-state index in [1.54, 1.807) is 12.0 Å². The first kappa shape index (κ1) is 15.1. The van der Waals surface area contributed by atoms with Gasteiger partial charge in [0.2, 0.25) is 5.91 Å². The minimum Gasteiger partial charge on any atom is -0.496 e. The molecular formula is C17H20N2O2. The molecular weight excluding hydrogens is 264 g/mol. The summed E-state index contributed by atoms with van der Waals surface area (Å²) in [4.78, 5) is 13.8. The van der Waals surface area contributed by atoms with Crippen LogP contribution in [0.25, 0.3) is 6.08 Å². The fourth-order valence-electron chi connectivity index (χ4n) is 2.56. The average Bonchev–Trinajstić information content (AvgIpc) is 3.00. The molecule has 0 spiro atoms. The van der Waals surface area contributed by atoms with E-state index in [0.717, 1.165) is 24.2 Å². The van der Waals surface area contributed by atoms with E-state index in [4.69, 9.17) is 10.00 Å². The molecule has 4 nitrogen and oxygen atoms in total. The number of para-hydroxylation sites is 1. The molecule has 1 aromatic rings. The smallest absolute Gasteiger partial charge is 0.223 e. The SMILES string of the molecule is COc1ccccc1C=CCCC(=O)N1CCCC1C#N. The number of nitrogens with zero attached hydrogens (tertiary/aromatic N) is 2. The Labute approximate surface area is 125 Å². The molecule has 0 saturated carbocycles. The predicted octanol–water partition coefficient (Wildman–Crippen LogP) is 3.00. The number of benzene rings is 1. The van der Waals surface area contributed by atoms with E-state index in [1.807, 2.05) is 36.4 Å². The summed E-state index contributed by atoms with van der Waals surface area (Å²) in [7, 11) is 1.64. The van der Waals surface area contributed by atoms with Crippen LogP contribution in [0.15, 0.2) is 30.3 Å². The van der Waals surface area contributed by atoms with Gasteiger partial charge in [0, 0.05) is 18.5 Å². The number of methoxy groups -OCH3 is 1. The highest BCUT2D eigenvalue weighted by Crippen LogP contribution is 2.20. The van der Waals surface area contributed by atoms with Crippen molar-refractivity contribution in [1.29, 1.82) is 5.26 Å². The largest absolute Gasteiger partial charge is 0.496 e. The van der Waals surface area contributed by atoms with Gasteiger partial charge in [-0.25, -0.2) is 0 Å². The molecule has 4 heteroatoms. The van der Waals surface area contributed by atoms with E-state index in [9.17, 15) is 4.79 Å². The van der Waals surface area contributed by atoms with Gasteiger partial charge in [-0.3, -0.25) is 4.79 Å². The van der Waals surface area contributed by atoms with Crippen molar-refractivity contribution in [3.8, 4) is 11.8 Å². The topological polar surface area (TPSA) is 53.3 Å². The van der Waals surface area contributed by atoms with Crippen LogP contribution < -0.4 is 4.74 Å². The van der Waals surface area contributed by atoms with Crippen LogP contribution in [0.1, 0.15) is 31.2 Å². The summed E-state index contributed by atoms with van der Waals surface area (Å²) in [5.41, 5.74) is 1.00. The lowest BCUT2D eigenvalue weighted by atomic mass is 10.1. The van der Waals surface area contributed by atoms with Crippen LogP contribution in [0, 0.1) is 11.3 Å². The highest BCUT2D eigenvalue weighted by Gasteiger charge is 2.27. The molecule has 1 saturated heterocycles. The van der Waals surface area contributed by atoms with E-state index in [1.165, 1.54) is 0 Å². The molecule has 0 bridgehead atoms. The molecule has 21 heavy (non-hydrogen) atoms. The minimum atomic E-state index is -0.226. The third kappa shape index (κ3) is 3.85. The number of rotatable bonds is 5. The van der Waals surface area contributed by atoms with E-state index >= 15 is 0 Å². The maximum Gasteiger partial charge on any atom is 0.223 e. The zero-order chi connectivity index (χ0) is 15.1. The van der Waals surface area contributed by atoms with Crippen molar-refractivity contribution in [2.75, 3.05) is 13.7 Å². The Morgan fingerprint density at radius 2 is 2.33 bits per heavy atom. The zero-order valence-corrected chi connectivity index (χ0v) is 12.3. The summed E-state index contributed by atoms with van der Waals surface area (Å²) in [6.45, 7) is 0.716. The molecule has 1 aliphatic rings.